The van der Waals surface area contributed by atoms with Crippen LogP contribution in [0.3, 0.4) is 0 Å². The highest BCUT2D eigenvalue weighted by molar-refractivity contribution is 6.30. The highest BCUT2D eigenvalue weighted by atomic mass is 35.5. The van der Waals surface area contributed by atoms with Crippen molar-refractivity contribution in [2.45, 2.75) is 31.7 Å². The molecule has 0 radical (unpaired) electrons. The molecule has 2 aliphatic heterocycles. The smallest absolute Gasteiger partial charge is 0.193 e. The Morgan fingerprint density at radius 2 is 2.13 bits per heavy atom. The van der Waals surface area contributed by atoms with Crippen molar-refractivity contribution in [2.75, 3.05) is 40.3 Å². The lowest BCUT2D eigenvalue weighted by molar-refractivity contribution is 0.122. The van der Waals surface area contributed by atoms with E-state index in [0.717, 1.165) is 43.6 Å². The molecule has 2 fully saturated rings. The molecule has 1 aromatic heterocycles. The van der Waals surface area contributed by atoms with Crippen LogP contribution >= 0.6 is 11.6 Å². The van der Waals surface area contributed by atoms with Crippen molar-refractivity contribution in [1.82, 2.24) is 24.9 Å². The van der Waals surface area contributed by atoms with E-state index in [1.165, 1.54) is 30.4 Å². The van der Waals surface area contributed by atoms with E-state index < -0.39 is 0 Å². The Morgan fingerprint density at radius 3 is 2.87 bits per heavy atom. The molecular formula is C24H35ClN6. The number of halogens is 1. The van der Waals surface area contributed by atoms with E-state index in [9.17, 15) is 0 Å². The molecule has 0 amide bonds. The van der Waals surface area contributed by atoms with Gasteiger partial charge in [-0.2, -0.15) is 5.10 Å². The topological polar surface area (TPSA) is 48.7 Å². The summed E-state index contributed by atoms with van der Waals surface area (Å²) in [6.07, 6.45) is 8.86. The first-order chi connectivity index (χ1) is 15.0. The van der Waals surface area contributed by atoms with Gasteiger partial charge in [0.15, 0.2) is 5.96 Å². The highest BCUT2D eigenvalue weighted by Crippen LogP contribution is 2.35. The number of benzene rings is 1. The summed E-state index contributed by atoms with van der Waals surface area (Å²) in [5.41, 5.74) is 2.64. The molecule has 4 rings (SSSR count). The third-order valence-corrected chi connectivity index (χ3v) is 7.03. The van der Waals surface area contributed by atoms with Gasteiger partial charge >= 0.3 is 0 Å². The zero-order valence-corrected chi connectivity index (χ0v) is 19.7. The van der Waals surface area contributed by atoms with Gasteiger partial charge in [0.05, 0.1) is 6.20 Å². The average molecular weight is 443 g/mol. The maximum atomic E-state index is 6.30. The summed E-state index contributed by atoms with van der Waals surface area (Å²) in [6.45, 7) is 4.17. The molecule has 168 valence electrons. The standard InChI is InChI=1S/C24H35ClN6/c1-26-24(31-11-9-18(17-31)12-19-14-28-30(3)16-19)27-15-21-7-5-10-29(2)23(21)20-6-4-8-22(25)13-20/h4,6,8,13-14,16,18,21,23H,5,7,9-12,15,17H2,1-3H3,(H,26,27). The van der Waals surface area contributed by atoms with E-state index in [1.54, 1.807) is 0 Å². The van der Waals surface area contributed by atoms with Gasteiger partial charge in [-0.05, 0) is 74.4 Å². The molecular weight excluding hydrogens is 408 g/mol. The lowest BCUT2D eigenvalue weighted by Crippen LogP contribution is -2.46. The number of likely N-dealkylation sites (tertiary alicyclic amines) is 2. The maximum absolute atomic E-state index is 6.30. The second kappa shape index (κ2) is 10.0. The van der Waals surface area contributed by atoms with Gasteiger partial charge in [0, 0.05) is 51.0 Å². The normalized spacial score (nSPS) is 25.2. The number of aryl methyl sites for hydroxylation is 1. The lowest BCUT2D eigenvalue weighted by Gasteiger charge is -2.40. The van der Waals surface area contributed by atoms with Crippen LogP contribution in [0, 0.1) is 11.8 Å². The first kappa shape index (κ1) is 22.2. The number of hydrogen-bond acceptors (Lipinski definition) is 3. The minimum atomic E-state index is 0.384. The summed E-state index contributed by atoms with van der Waals surface area (Å²) < 4.78 is 1.89. The molecule has 2 aliphatic rings. The first-order valence-electron chi connectivity index (χ1n) is 11.4. The Balaban J connectivity index is 1.36. The molecule has 2 saturated heterocycles. The van der Waals surface area contributed by atoms with E-state index in [4.69, 9.17) is 11.6 Å². The zero-order valence-electron chi connectivity index (χ0n) is 19.0. The lowest BCUT2D eigenvalue weighted by atomic mass is 9.85. The number of guanidine groups is 1. The molecule has 1 N–H and O–H groups in total. The molecule has 3 unspecified atom stereocenters. The molecule has 1 aromatic carbocycles. The van der Waals surface area contributed by atoms with Crippen molar-refractivity contribution in [3.05, 3.63) is 52.8 Å². The number of rotatable bonds is 5. The zero-order chi connectivity index (χ0) is 21.8. The van der Waals surface area contributed by atoms with Crippen molar-refractivity contribution < 1.29 is 0 Å². The molecule has 2 aromatic rings. The quantitative estimate of drug-likeness (QED) is 0.567. The van der Waals surface area contributed by atoms with Gasteiger partial charge in [-0.15, -0.1) is 0 Å². The van der Waals surface area contributed by atoms with Crippen LogP contribution in [-0.4, -0.2) is 65.8 Å². The summed E-state index contributed by atoms with van der Waals surface area (Å²) in [4.78, 5) is 9.51. The second-order valence-electron chi connectivity index (χ2n) is 9.14. The summed E-state index contributed by atoms with van der Waals surface area (Å²) >= 11 is 6.30. The molecule has 31 heavy (non-hydrogen) atoms. The molecule has 3 atom stereocenters. The van der Waals surface area contributed by atoms with Crippen LogP contribution in [0.25, 0.3) is 0 Å². The molecule has 0 spiro atoms. The molecule has 0 bridgehead atoms. The predicted octanol–water partition coefficient (Wildman–Crippen LogP) is 3.60. The van der Waals surface area contributed by atoms with Crippen molar-refractivity contribution >= 4 is 17.6 Å². The van der Waals surface area contributed by atoms with E-state index in [0.29, 0.717) is 17.9 Å². The van der Waals surface area contributed by atoms with Gasteiger partial charge in [0.2, 0.25) is 0 Å². The van der Waals surface area contributed by atoms with Crippen LogP contribution in [-0.2, 0) is 13.5 Å². The Kier molecular flexibility index (Phi) is 7.18. The van der Waals surface area contributed by atoms with Gasteiger partial charge in [0.25, 0.3) is 0 Å². The van der Waals surface area contributed by atoms with E-state index in [2.05, 4.69) is 56.7 Å². The van der Waals surface area contributed by atoms with Crippen LogP contribution in [0.2, 0.25) is 5.02 Å². The second-order valence-corrected chi connectivity index (χ2v) is 9.57. The number of nitrogens with one attached hydrogen (secondary N) is 1. The summed E-state index contributed by atoms with van der Waals surface area (Å²) in [7, 11) is 6.11. The maximum Gasteiger partial charge on any atom is 0.193 e. The summed E-state index contributed by atoms with van der Waals surface area (Å²) in [6, 6.07) is 8.74. The Hall–Kier alpha value is -2.05. The van der Waals surface area contributed by atoms with Crippen molar-refractivity contribution in [1.29, 1.82) is 0 Å². The van der Waals surface area contributed by atoms with Crippen LogP contribution in [0.15, 0.2) is 41.7 Å². The predicted molar refractivity (Wildman–Crippen MR) is 128 cm³/mol. The molecule has 3 heterocycles. The number of hydrogen-bond donors (Lipinski definition) is 1. The van der Waals surface area contributed by atoms with E-state index >= 15 is 0 Å². The van der Waals surface area contributed by atoms with E-state index in [1.807, 2.05) is 31.0 Å². The highest BCUT2D eigenvalue weighted by Gasteiger charge is 2.32. The Morgan fingerprint density at radius 1 is 1.26 bits per heavy atom. The van der Waals surface area contributed by atoms with Gasteiger partial charge in [-0.3, -0.25) is 14.6 Å². The number of nitrogens with zero attached hydrogens (tertiary/aromatic N) is 5. The van der Waals surface area contributed by atoms with E-state index in [-0.39, 0.29) is 0 Å². The number of piperidine rings is 1. The fourth-order valence-corrected chi connectivity index (χ4v) is 5.55. The molecule has 0 aliphatic carbocycles. The fraction of sp³-hybridized carbons (Fsp3) is 0.583. The van der Waals surface area contributed by atoms with Crippen LogP contribution in [0.4, 0.5) is 0 Å². The fourth-order valence-electron chi connectivity index (χ4n) is 5.35. The van der Waals surface area contributed by atoms with Crippen LogP contribution < -0.4 is 5.32 Å². The van der Waals surface area contributed by atoms with Crippen LogP contribution in [0.5, 0.6) is 0 Å². The van der Waals surface area contributed by atoms with Gasteiger partial charge in [-0.25, -0.2) is 0 Å². The number of aromatic nitrogens is 2. The minimum absolute atomic E-state index is 0.384. The number of aliphatic imine (C=N–C) groups is 1. The van der Waals surface area contributed by atoms with Gasteiger partial charge in [-0.1, -0.05) is 23.7 Å². The average Bonchev–Trinajstić information content (AvgIpc) is 3.38. The molecule has 0 saturated carbocycles. The van der Waals surface area contributed by atoms with Crippen LogP contribution in [0.1, 0.15) is 36.4 Å². The monoisotopic (exact) mass is 442 g/mol. The van der Waals surface area contributed by atoms with Gasteiger partial charge < -0.3 is 10.2 Å². The third-order valence-electron chi connectivity index (χ3n) is 6.80. The Bertz CT molecular complexity index is 894. The van der Waals surface area contributed by atoms with Crippen molar-refractivity contribution in [3.8, 4) is 0 Å². The largest absolute Gasteiger partial charge is 0.356 e. The molecule has 7 heteroatoms. The first-order valence-corrected chi connectivity index (χ1v) is 11.8. The Labute approximate surface area is 191 Å². The SMILES string of the molecule is CN=C(NCC1CCCN(C)C1c1cccc(Cl)c1)N1CCC(Cc2cnn(C)c2)C1. The van der Waals surface area contributed by atoms with Crippen molar-refractivity contribution in [3.63, 3.8) is 0 Å². The van der Waals surface area contributed by atoms with Crippen molar-refractivity contribution in [2.24, 2.45) is 23.9 Å². The third kappa shape index (κ3) is 5.42. The minimum Gasteiger partial charge on any atom is -0.356 e. The summed E-state index contributed by atoms with van der Waals surface area (Å²) in [5.74, 6) is 2.22. The molecule has 6 nitrogen and oxygen atoms in total. The summed E-state index contributed by atoms with van der Waals surface area (Å²) in [5, 5.41) is 8.83. The van der Waals surface area contributed by atoms with Gasteiger partial charge in [0.1, 0.15) is 0 Å².